The van der Waals surface area contributed by atoms with Gasteiger partial charge in [-0.1, -0.05) is 146 Å². The number of hydrogen-bond donors (Lipinski definition) is 0. The molecule has 4 heterocycles. The first kappa shape index (κ1) is 42.9. The Kier molecular flexibility index (Phi) is 11.0. The van der Waals surface area contributed by atoms with Crippen LogP contribution >= 0.6 is 0 Å². The van der Waals surface area contributed by atoms with Crippen LogP contribution in [0.5, 0.6) is 23.0 Å². The van der Waals surface area contributed by atoms with Gasteiger partial charge >= 0.3 is 0 Å². The van der Waals surface area contributed by atoms with Crippen LogP contribution in [0.25, 0.3) is 22.3 Å². The van der Waals surface area contributed by atoms with Crippen molar-refractivity contribution < 1.29 is 37.9 Å². The fourth-order valence-corrected chi connectivity index (χ4v) is 10.7. The van der Waals surface area contributed by atoms with Gasteiger partial charge < -0.3 is 37.9 Å². The fourth-order valence-electron chi connectivity index (χ4n) is 10.7. The first-order chi connectivity index (χ1) is 34.6. The van der Waals surface area contributed by atoms with Crippen molar-refractivity contribution in [2.45, 2.75) is 35.2 Å². The van der Waals surface area contributed by atoms with Gasteiger partial charge in [0.1, 0.15) is 73.8 Å². The second-order valence-electron chi connectivity index (χ2n) is 18.8. The van der Waals surface area contributed by atoms with Gasteiger partial charge in [0.15, 0.2) is 0 Å². The van der Waals surface area contributed by atoms with Crippen LogP contribution in [-0.2, 0) is 29.8 Å². The topological polar surface area (TPSA) is 87.0 Å². The summed E-state index contributed by atoms with van der Waals surface area (Å²) < 4.78 is 44.9. The van der Waals surface area contributed by atoms with Crippen molar-refractivity contribution in [1.29, 1.82) is 0 Å². The highest BCUT2D eigenvalue weighted by atomic mass is 16.6. The molecule has 70 heavy (non-hydrogen) atoms. The van der Waals surface area contributed by atoms with Crippen molar-refractivity contribution in [2.75, 3.05) is 52.9 Å². The van der Waals surface area contributed by atoms with Crippen LogP contribution in [0.15, 0.2) is 194 Å². The highest BCUT2D eigenvalue weighted by Crippen LogP contribution is 2.58. The lowest BCUT2D eigenvalue weighted by Gasteiger charge is -2.34. The third-order valence-corrected chi connectivity index (χ3v) is 14.4. The number of benzene rings is 8. The van der Waals surface area contributed by atoms with E-state index < -0.39 is 10.8 Å². The minimum absolute atomic E-state index is 0.238. The molecule has 4 unspecified atom stereocenters. The summed E-state index contributed by atoms with van der Waals surface area (Å²) in [6.45, 7) is 5.58. The monoisotopic (exact) mass is 924 g/mol. The van der Waals surface area contributed by atoms with Gasteiger partial charge in [-0.25, -0.2) is 0 Å². The molecule has 8 aromatic rings. The van der Waals surface area contributed by atoms with Gasteiger partial charge in [-0.15, -0.1) is 0 Å². The molecule has 6 aliphatic rings. The summed E-state index contributed by atoms with van der Waals surface area (Å²) in [6, 6.07) is 69.3. The fraction of sp³-hybridized carbons (Fsp3) is 0.226. The van der Waals surface area contributed by atoms with E-state index in [9.17, 15) is 0 Å². The molecule has 0 N–H and O–H groups in total. The molecule has 8 aromatic carbocycles. The predicted molar refractivity (Wildman–Crippen MR) is 268 cm³/mol. The number of hydrogen-bond acceptors (Lipinski definition) is 8. The van der Waals surface area contributed by atoms with Crippen molar-refractivity contribution in [3.05, 3.63) is 239 Å². The maximum atomic E-state index is 5.94. The standard InChI is InChI=1S/2C31H26O4/c2*1-3-7-29-27(5-1)28-6-2-4-8-30(28)31(29,21-9-13-23(14-10-21)32-17-25-19-34-25)22-11-15-24(16-12-22)33-18-26-20-35-26/h2*1-16,25-26H,17-20H2. The Morgan fingerprint density at radius 2 is 0.486 bits per heavy atom. The Bertz CT molecular complexity index is 2700. The summed E-state index contributed by atoms with van der Waals surface area (Å²) in [4.78, 5) is 0. The number of rotatable bonds is 16. The lowest BCUT2D eigenvalue weighted by Crippen LogP contribution is -2.28. The van der Waals surface area contributed by atoms with E-state index in [2.05, 4.69) is 194 Å². The molecule has 0 saturated carbocycles. The smallest absolute Gasteiger partial charge is 0.119 e. The zero-order valence-corrected chi connectivity index (χ0v) is 38.7. The Hall–Kier alpha value is -7.20. The maximum Gasteiger partial charge on any atom is 0.119 e. The van der Waals surface area contributed by atoms with E-state index >= 15 is 0 Å². The zero-order chi connectivity index (χ0) is 46.5. The highest BCUT2D eigenvalue weighted by Gasteiger charge is 2.47. The molecule has 4 saturated heterocycles. The van der Waals surface area contributed by atoms with Crippen molar-refractivity contribution in [1.82, 2.24) is 0 Å². The molecule has 14 rings (SSSR count). The molecule has 4 atom stereocenters. The van der Waals surface area contributed by atoms with Crippen LogP contribution in [0.1, 0.15) is 44.5 Å². The van der Waals surface area contributed by atoms with Crippen molar-refractivity contribution >= 4 is 0 Å². The van der Waals surface area contributed by atoms with Crippen molar-refractivity contribution in [2.24, 2.45) is 0 Å². The zero-order valence-electron chi connectivity index (χ0n) is 38.7. The van der Waals surface area contributed by atoms with Gasteiger partial charge in [0.05, 0.1) is 37.3 Å². The quantitative estimate of drug-likeness (QED) is 0.0886. The molecule has 0 radical (unpaired) electrons. The summed E-state index contributed by atoms with van der Waals surface area (Å²) >= 11 is 0. The normalized spacial score (nSPS) is 20.6. The van der Waals surface area contributed by atoms with Gasteiger partial charge in [0.25, 0.3) is 0 Å². The average Bonchev–Trinajstić information content (AvgIpc) is 4.19. The van der Waals surface area contributed by atoms with E-state index in [1.807, 2.05) is 0 Å². The number of ether oxygens (including phenoxy) is 8. The van der Waals surface area contributed by atoms with E-state index in [4.69, 9.17) is 37.9 Å². The molecule has 4 aliphatic heterocycles. The van der Waals surface area contributed by atoms with E-state index in [0.29, 0.717) is 26.4 Å². The number of fused-ring (bicyclic) bond motifs is 6. The molecule has 8 nitrogen and oxygen atoms in total. The third-order valence-electron chi connectivity index (χ3n) is 14.4. The minimum atomic E-state index is -0.427. The highest BCUT2D eigenvalue weighted by molar-refractivity contribution is 5.87. The molecule has 0 amide bonds. The number of epoxide rings is 4. The largest absolute Gasteiger partial charge is 0.491 e. The lowest BCUT2D eigenvalue weighted by molar-refractivity contribution is 0.263. The van der Waals surface area contributed by atoms with Crippen LogP contribution in [0.3, 0.4) is 0 Å². The predicted octanol–water partition coefficient (Wildman–Crippen LogP) is 11.2. The molecular formula is C62H52O8. The van der Waals surface area contributed by atoms with Crippen molar-refractivity contribution in [3.63, 3.8) is 0 Å². The van der Waals surface area contributed by atoms with Crippen LogP contribution in [-0.4, -0.2) is 77.3 Å². The molecule has 348 valence electrons. The Labute approximate surface area is 408 Å². The SMILES string of the molecule is c1ccc2c(c1)-c1ccccc1C2(c1ccc(OCC2CO2)cc1)c1ccc(OCC2CO2)cc1.c1ccc2c(c1)-c1ccccc1C2(c1ccc(OCC2CO2)cc1)c1ccc(OCC2CO2)cc1. The van der Waals surface area contributed by atoms with E-state index in [0.717, 1.165) is 49.4 Å². The Balaban J connectivity index is 0.000000137. The Morgan fingerprint density at radius 3 is 0.686 bits per heavy atom. The maximum absolute atomic E-state index is 5.94. The lowest BCUT2D eigenvalue weighted by atomic mass is 9.68. The third kappa shape index (κ3) is 8.01. The Morgan fingerprint density at radius 1 is 0.286 bits per heavy atom. The minimum Gasteiger partial charge on any atom is -0.491 e. The van der Waals surface area contributed by atoms with Gasteiger partial charge in [-0.05, 0) is 115 Å². The summed E-state index contributed by atoms with van der Waals surface area (Å²) in [5.41, 5.74) is 14.3. The van der Waals surface area contributed by atoms with Crippen molar-refractivity contribution in [3.8, 4) is 45.3 Å². The molecule has 4 fully saturated rings. The summed E-state index contributed by atoms with van der Waals surface area (Å²) in [5.74, 6) is 3.46. The van der Waals surface area contributed by atoms with E-state index in [1.54, 1.807) is 0 Å². The van der Waals surface area contributed by atoms with Crippen LogP contribution < -0.4 is 18.9 Å². The average molecular weight is 925 g/mol. The molecule has 8 heteroatoms. The second-order valence-corrected chi connectivity index (χ2v) is 18.8. The molecular weight excluding hydrogens is 873 g/mol. The van der Waals surface area contributed by atoms with Crippen LogP contribution in [0.4, 0.5) is 0 Å². The summed E-state index contributed by atoms with van der Waals surface area (Å²) in [7, 11) is 0. The molecule has 0 spiro atoms. The van der Waals surface area contributed by atoms with Crippen LogP contribution in [0, 0.1) is 0 Å². The van der Waals surface area contributed by atoms with Gasteiger partial charge in [-0.3, -0.25) is 0 Å². The molecule has 2 aliphatic carbocycles. The van der Waals surface area contributed by atoms with Gasteiger partial charge in [0, 0.05) is 0 Å². The first-order valence-corrected chi connectivity index (χ1v) is 24.4. The second kappa shape index (κ2) is 18.0. The van der Waals surface area contributed by atoms with E-state index in [-0.39, 0.29) is 24.4 Å². The summed E-state index contributed by atoms with van der Waals surface area (Å²) in [5, 5.41) is 0. The molecule has 0 aromatic heterocycles. The summed E-state index contributed by atoms with van der Waals surface area (Å²) in [6.07, 6.45) is 0.951. The molecule has 0 bridgehead atoms. The van der Waals surface area contributed by atoms with Crippen LogP contribution in [0.2, 0.25) is 0 Å². The van der Waals surface area contributed by atoms with E-state index in [1.165, 1.54) is 66.8 Å². The first-order valence-electron chi connectivity index (χ1n) is 24.4. The van der Waals surface area contributed by atoms with Gasteiger partial charge in [-0.2, -0.15) is 0 Å². The van der Waals surface area contributed by atoms with Gasteiger partial charge in [0.2, 0.25) is 0 Å².